The number of nitriles is 1. The molecular weight excluding hydrogens is 430 g/mol. The molecule has 31 heavy (non-hydrogen) atoms. The number of carbonyl (C=O) groups is 1. The van der Waals surface area contributed by atoms with Crippen LogP contribution in [0.15, 0.2) is 29.4 Å². The fourth-order valence-corrected chi connectivity index (χ4v) is 5.76. The maximum atomic E-state index is 12.6. The number of ether oxygens (including phenoxy) is 1. The van der Waals surface area contributed by atoms with E-state index in [-0.39, 0.29) is 11.7 Å². The van der Waals surface area contributed by atoms with E-state index in [0.717, 1.165) is 48.4 Å². The van der Waals surface area contributed by atoms with Gasteiger partial charge in [-0.1, -0.05) is 11.8 Å². The van der Waals surface area contributed by atoms with Crippen LogP contribution in [0.1, 0.15) is 35.8 Å². The van der Waals surface area contributed by atoms with Crippen molar-refractivity contribution in [2.75, 3.05) is 18.2 Å². The normalized spacial score (nSPS) is 12.8. The number of aryl methyl sites for hydroxylation is 1. The second kappa shape index (κ2) is 9.54. The van der Waals surface area contributed by atoms with E-state index in [2.05, 4.69) is 21.6 Å². The van der Waals surface area contributed by atoms with Crippen molar-refractivity contribution in [2.24, 2.45) is 0 Å². The second-order valence-electron chi connectivity index (χ2n) is 7.14. The number of carbonyl (C=O) groups excluding carboxylic acids is 1. The Hall–Kier alpha value is -2.83. The molecule has 1 aliphatic rings. The van der Waals surface area contributed by atoms with Crippen molar-refractivity contribution in [1.29, 1.82) is 5.26 Å². The predicted octanol–water partition coefficient (Wildman–Crippen LogP) is 4.52. The lowest BCUT2D eigenvalue weighted by molar-refractivity contribution is -0.113. The molecule has 0 radical (unpaired) electrons. The number of rotatable bonds is 7. The minimum absolute atomic E-state index is 0.142. The van der Waals surface area contributed by atoms with E-state index in [1.54, 1.807) is 18.4 Å². The maximum Gasteiger partial charge on any atom is 0.235 e. The van der Waals surface area contributed by atoms with Crippen LogP contribution in [0.2, 0.25) is 0 Å². The zero-order valence-corrected chi connectivity index (χ0v) is 19.1. The summed E-state index contributed by atoms with van der Waals surface area (Å²) in [6.07, 6.45) is 4.16. The minimum atomic E-state index is -0.142. The van der Waals surface area contributed by atoms with Crippen LogP contribution in [0.5, 0.6) is 5.75 Å². The van der Waals surface area contributed by atoms with Gasteiger partial charge in [-0.05, 0) is 62.4 Å². The van der Waals surface area contributed by atoms with Crippen LogP contribution in [0.4, 0.5) is 5.00 Å². The third kappa shape index (κ3) is 4.45. The van der Waals surface area contributed by atoms with E-state index in [4.69, 9.17) is 4.74 Å². The van der Waals surface area contributed by atoms with Crippen LogP contribution >= 0.6 is 23.1 Å². The van der Waals surface area contributed by atoms with Gasteiger partial charge >= 0.3 is 0 Å². The zero-order chi connectivity index (χ0) is 21.8. The monoisotopic (exact) mass is 453 g/mol. The molecule has 1 N–H and O–H groups in total. The Morgan fingerprint density at radius 3 is 2.77 bits per heavy atom. The largest absolute Gasteiger partial charge is 0.497 e. The quantitative estimate of drug-likeness (QED) is 0.529. The number of hydrogen-bond donors (Lipinski definition) is 1. The molecule has 0 bridgehead atoms. The number of nitrogens with zero attached hydrogens (tertiary/aromatic N) is 4. The van der Waals surface area contributed by atoms with Gasteiger partial charge in [-0.15, -0.1) is 21.5 Å². The molecule has 0 spiro atoms. The van der Waals surface area contributed by atoms with Crippen LogP contribution < -0.4 is 10.1 Å². The van der Waals surface area contributed by atoms with Crippen molar-refractivity contribution in [3.63, 3.8) is 0 Å². The average Bonchev–Trinajstić information content (AvgIpc) is 3.37. The molecule has 160 valence electrons. The lowest BCUT2D eigenvalue weighted by Gasteiger charge is -2.09. The van der Waals surface area contributed by atoms with Crippen molar-refractivity contribution in [3.05, 3.63) is 40.3 Å². The number of hydrogen-bond acceptors (Lipinski definition) is 7. The summed E-state index contributed by atoms with van der Waals surface area (Å²) >= 11 is 2.89. The molecule has 1 amide bonds. The first kappa shape index (κ1) is 21.4. The van der Waals surface area contributed by atoms with Gasteiger partial charge in [0.15, 0.2) is 11.0 Å². The lowest BCUT2D eigenvalue weighted by Crippen LogP contribution is -2.14. The molecule has 2 aromatic heterocycles. The Bertz CT molecular complexity index is 1130. The third-order valence-electron chi connectivity index (χ3n) is 5.25. The molecule has 0 saturated heterocycles. The summed E-state index contributed by atoms with van der Waals surface area (Å²) in [4.78, 5) is 13.8. The van der Waals surface area contributed by atoms with Crippen molar-refractivity contribution in [2.45, 2.75) is 44.3 Å². The number of benzene rings is 1. The van der Waals surface area contributed by atoms with E-state index in [1.165, 1.54) is 16.6 Å². The van der Waals surface area contributed by atoms with Gasteiger partial charge in [-0.25, -0.2) is 0 Å². The molecule has 9 heteroatoms. The number of methoxy groups -OCH3 is 1. The smallest absolute Gasteiger partial charge is 0.235 e. The number of fused-ring (bicyclic) bond motifs is 1. The summed E-state index contributed by atoms with van der Waals surface area (Å²) in [6, 6.07) is 9.94. The van der Waals surface area contributed by atoms with E-state index in [0.29, 0.717) is 22.3 Å². The van der Waals surface area contributed by atoms with Crippen molar-refractivity contribution in [3.8, 4) is 23.2 Å². The van der Waals surface area contributed by atoms with Crippen LogP contribution in [-0.4, -0.2) is 33.5 Å². The van der Waals surface area contributed by atoms with Crippen LogP contribution in [0.25, 0.3) is 11.4 Å². The van der Waals surface area contributed by atoms with Gasteiger partial charge < -0.3 is 14.6 Å². The molecule has 4 rings (SSSR count). The molecule has 0 unspecified atom stereocenters. The van der Waals surface area contributed by atoms with Crippen LogP contribution in [-0.2, 0) is 24.2 Å². The Morgan fingerprint density at radius 2 is 2.06 bits per heavy atom. The van der Waals surface area contributed by atoms with Crippen LogP contribution in [0, 0.1) is 11.3 Å². The van der Waals surface area contributed by atoms with Gasteiger partial charge in [0.05, 0.1) is 18.4 Å². The Balaban J connectivity index is 1.45. The SMILES string of the molecule is CCn1c(SCC(=O)Nc2sc3c(c2C#N)CCCC3)nnc1-c1ccc(OC)cc1. The Labute approximate surface area is 189 Å². The highest BCUT2D eigenvalue weighted by atomic mass is 32.2. The second-order valence-corrected chi connectivity index (χ2v) is 9.19. The van der Waals surface area contributed by atoms with Gasteiger partial charge in [-0.2, -0.15) is 5.26 Å². The first-order chi connectivity index (χ1) is 15.1. The molecule has 0 fully saturated rings. The average molecular weight is 454 g/mol. The zero-order valence-electron chi connectivity index (χ0n) is 17.5. The molecule has 1 aromatic carbocycles. The summed E-state index contributed by atoms with van der Waals surface area (Å²) < 4.78 is 7.20. The molecule has 0 aliphatic heterocycles. The maximum absolute atomic E-state index is 12.6. The highest BCUT2D eigenvalue weighted by Gasteiger charge is 2.22. The molecule has 2 heterocycles. The number of thiophene rings is 1. The fraction of sp³-hybridized carbons (Fsp3) is 0.364. The third-order valence-corrected chi connectivity index (χ3v) is 7.42. The van der Waals surface area contributed by atoms with E-state index < -0.39 is 0 Å². The van der Waals surface area contributed by atoms with Crippen LogP contribution in [0.3, 0.4) is 0 Å². The molecule has 0 atom stereocenters. The summed E-state index contributed by atoms with van der Waals surface area (Å²) in [5, 5.41) is 22.5. The molecule has 7 nitrogen and oxygen atoms in total. The van der Waals surface area contributed by atoms with Gasteiger partial charge in [0, 0.05) is 17.0 Å². The first-order valence-electron chi connectivity index (χ1n) is 10.2. The number of amides is 1. The molecule has 3 aromatic rings. The summed E-state index contributed by atoms with van der Waals surface area (Å²) in [5.41, 5.74) is 2.70. The van der Waals surface area contributed by atoms with E-state index in [9.17, 15) is 10.1 Å². The highest BCUT2D eigenvalue weighted by molar-refractivity contribution is 7.99. The fourth-order valence-electron chi connectivity index (χ4n) is 3.70. The Kier molecular flexibility index (Phi) is 6.59. The predicted molar refractivity (Wildman–Crippen MR) is 123 cm³/mol. The molecule has 1 aliphatic carbocycles. The number of thioether (sulfide) groups is 1. The highest BCUT2D eigenvalue weighted by Crippen LogP contribution is 2.37. The number of anilines is 1. The van der Waals surface area contributed by atoms with Gasteiger partial charge in [-0.3, -0.25) is 4.79 Å². The summed E-state index contributed by atoms with van der Waals surface area (Å²) in [6.45, 7) is 2.71. The summed E-state index contributed by atoms with van der Waals surface area (Å²) in [5.74, 6) is 1.60. The van der Waals surface area contributed by atoms with Crippen molar-refractivity contribution in [1.82, 2.24) is 14.8 Å². The standard InChI is InChI=1S/C22H23N5O2S2/c1-3-27-20(14-8-10-15(29-2)11-9-14)25-26-22(27)30-13-19(28)24-21-17(12-23)16-6-4-5-7-18(16)31-21/h8-11H,3-7,13H2,1-2H3,(H,24,28). The first-order valence-corrected chi connectivity index (χ1v) is 12.0. The van der Waals surface area contributed by atoms with Crippen molar-refractivity contribution >= 4 is 34.0 Å². The lowest BCUT2D eigenvalue weighted by atomic mass is 9.96. The van der Waals surface area contributed by atoms with E-state index in [1.807, 2.05) is 35.8 Å². The molecule has 0 saturated carbocycles. The van der Waals surface area contributed by atoms with Gasteiger partial charge in [0.2, 0.25) is 5.91 Å². The summed E-state index contributed by atoms with van der Waals surface area (Å²) in [7, 11) is 1.63. The Morgan fingerprint density at radius 1 is 1.29 bits per heavy atom. The number of aromatic nitrogens is 3. The van der Waals surface area contributed by atoms with Crippen molar-refractivity contribution < 1.29 is 9.53 Å². The van der Waals surface area contributed by atoms with E-state index >= 15 is 0 Å². The topological polar surface area (TPSA) is 92.8 Å². The minimum Gasteiger partial charge on any atom is -0.497 e. The molecular formula is C22H23N5O2S2. The van der Waals surface area contributed by atoms with Gasteiger partial charge in [0.25, 0.3) is 0 Å². The number of nitrogens with one attached hydrogen (secondary N) is 1. The van der Waals surface area contributed by atoms with Gasteiger partial charge in [0.1, 0.15) is 16.8 Å².